The van der Waals surface area contributed by atoms with E-state index in [-0.39, 0.29) is 5.91 Å². The van der Waals surface area contributed by atoms with Gasteiger partial charge in [-0.25, -0.2) is 0 Å². The Bertz CT molecular complexity index is 708. The predicted molar refractivity (Wildman–Crippen MR) is 100 cm³/mol. The maximum Gasteiger partial charge on any atom is 0.251 e. The Morgan fingerprint density at radius 3 is 2.42 bits per heavy atom. The molecule has 3 rings (SSSR count). The van der Waals surface area contributed by atoms with Crippen molar-refractivity contribution in [3.05, 3.63) is 54.1 Å². The number of hydrogen-bond donors (Lipinski definition) is 1. The van der Waals surface area contributed by atoms with Gasteiger partial charge in [0.15, 0.2) is 11.5 Å². The fraction of sp³-hybridized carbons (Fsp3) is 0.381. The van der Waals surface area contributed by atoms with Gasteiger partial charge < -0.3 is 19.5 Å². The minimum absolute atomic E-state index is 0.124. The van der Waals surface area contributed by atoms with Gasteiger partial charge in [-0.05, 0) is 62.1 Å². The van der Waals surface area contributed by atoms with E-state index >= 15 is 0 Å². The van der Waals surface area contributed by atoms with Crippen LogP contribution in [0.5, 0.6) is 17.2 Å². The molecule has 0 heterocycles. The van der Waals surface area contributed by atoms with Crippen molar-refractivity contribution in [2.45, 2.75) is 31.8 Å². The van der Waals surface area contributed by atoms with E-state index < -0.39 is 0 Å². The van der Waals surface area contributed by atoms with Crippen molar-refractivity contribution in [1.29, 1.82) is 0 Å². The number of nitrogens with one attached hydrogen (secondary N) is 1. The van der Waals surface area contributed by atoms with Crippen LogP contribution in [0.2, 0.25) is 0 Å². The summed E-state index contributed by atoms with van der Waals surface area (Å²) in [6, 6.07) is 14.7. The van der Waals surface area contributed by atoms with Crippen LogP contribution in [-0.2, 0) is 0 Å². The van der Waals surface area contributed by atoms with Gasteiger partial charge in [0, 0.05) is 5.56 Å². The molecule has 5 heteroatoms. The molecule has 0 bridgehead atoms. The molecule has 0 atom stereocenters. The van der Waals surface area contributed by atoms with Crippen LogP contribution >= 0.6 is 0 Å². The molecule has 1 N–H and O–H groups in total. The van der Waals surface area contributed by atoms with Gasteiger partial charge in [0.2, 0.25) is 0 Å². The number of methoxy groups -OCH3 is 1. The molecule has 1 aliphatic rings. The normalized spacial score (nSPS) is 14.0. The van der Waals surface area contributed by atoms with Gasteiger partial charge >= 0.3 is 0 Å². The van der Waals surface area contributed by atoms with Gasteiger partial charge in [-0.3, -0.25) is 4.79 Å². The standard InChI is InChI=1S/C21H25NO4/c1-24-19-8-4-5-9-20(19)25-15-14-22-21(23)16-10-12-18(13-11-16)26-17-6-2-3-7-17/h4-5,8-13,17H,2-3,6-7,14-15H2,1H3,(H,22,23). The van der Waals surface area contributed by atoms with Crippen molar-refractivity contribution >= 4 is 5.91 Å². The average molecular weight is 355 g/mol. The second-order valence-electron chi connectivity index (χ2n) is 6.30. The first-order chi connectivity index (χ1) is 12.8. The lowest BCUT2D eigenvalue weighted by atomic mass is 10.2. The summed E-state index contributed by atoms with van der Waals surface area (Å²) < 4.78 is 16.8. The maximum absolute atomic E-state index is 12.2. The van der Waals surface area contributed by atoms with E-state index in [2.05, 4.69) is 5.32 Å². The zero-order chi connectivity index (χ0) is 18.2. The number of carbonyl (C=O) groups excluding carboxylic acids is 1. The predicted octanol–water partition coefficient (Wildman–Crippen LogP) is 3.83. The summed E-state index contributed by atoms with van der Waals surface area (Å²) in [6.07, 6.45) is 5.04. The zero-order valence-electron chi connectivity index (χ0n) is 15.1. The second-order valence-corrected chi connectivity index (χ2v) is 6.30. The van der Waals surface area contributed by atoms with Gasteiger partial charge in [0.05, 0.1) is 19.8 Å². The van der Waals surface area contributed by atoms with Crippen LogP contribution in [0.25, 0.3) is 0 Å². The average Bonchev–Trinajstić information content (AvgIpc) is 3.19. The van der Waals surface area contributed by atoms with Crippen LogP contribution in [0, 0.1) is 0 Å². The summed E-state index contributed by atoms with van der Waals surface area (Å²) in [7, 11) is 1.60. The molecule has 0 spiro atoms. The third-order valence-electron chi connectivity index (χ3n) is 4.44. The topological polar surface area (TPSA) is 56.8 Å². The minimum atomic E-state index is -0.124. The molecule has 0 aliphatic heterocycles. The molecule has 1 aliphatic carbocycles. The molecule has 0 radical (unpaired) electrons. The van der Waals surface area contributed by atoms with E-state index in [1.807, 2.05) is 36.4 Å². The lowest BCUT2D eigenvalue weighted by Gasteiger charge is -2.13. The minimum Gasteiger partial charge on any atom is -0.493 e. The first kappa shape index (κ1) is 18.1. The Hall–Kier alpha value is -2.69. The number of carbonyl (C=O) groups is 1. The molecule has 5 nitrogen and oxygen atoms in total. The van der Waals surface area contributed by atoms with Gasteiger partial charge in [-0.2, -0.15) is 0 Å². The molecular formula is C21H25NO4. The van der Waals surface area contributed by atoms with Crippen molar-refractivity contribution in [3.8, 4) is 17.2 Å². The summed E-state index contributed by atoms with van der Waals surface area (Å²) in [5.74, 6) is 2.04. The third-order valence-corrected chi connectivity index (χ3v) is 4.44. The Morgan fingerprint density at radius 1 is 1.04 bits per heavy atom. The number of benzene rings is 2. The summed E-state index contributed by atoms with van der Waals surface area (Å²) in [4.78, 5) is 12.2. The molecule has 2 aromatic carbocycles. The van der Waals surface area contributed by atoms with E-state index in [1.54, 1.807) is 19.2 Å². The van der Waals surface area contributed by atoms with Crippen molar-refractivity contribution < 1.29 is 19.0 Å². The smallest absolute Gasteiger partial charge is 0.251 e. The number of hydrogen-bond acceptors (Lipinski definition) is 4. The van der Waals surface area contributed by atoms with Gasteiger partial charge in [-0.1, -0.05) is 12.1 Å². The van der Waals surface area contributed by atoms with E-state index in [0.29, 0.717) is 36.3 Å². The Morgan fingerprint density at radius 2 is 1.73 bits per heavy atom. The molecule has 0 saturated heterocycles. The SMILES string of the molecule is COc1ccccc1OCCNC(=O)c1ccc(OC2CCCC2)cc1. The fourth-order valence-corrected chi connectivity index (χ4v) is 3.05. The van der Waals surface area contributed by atoms with Crippen LogP contribution in [0.1, 0.15) is 36.0 Å². The molecule has 1 amide bonds. The third kappa shape index (κ3) is 4.91. The van der Waals surface area contributed by atoms with Crippen LogP contribution < -0.4 is 19.5 Å². The second kappa shape index (κ2) is 9.13. The number of para-hydroxylation sites is 2. The molecule has 1 saturated carbocycles. The quantitative estimate of drug-likeness (QED) is 0.731. The molecule has 2 aromatic rings. The highest BCUT2D eigenvalue weighted by Gasteiger charge is 2.16. The zero-order valence-corrected chi connectivity index (χ0v) is 15.1. The van der Waals surface area contributed by atoms with Gasteiger partial charge in [-0.15, -0.1) is 0 Å². The van der Waals surface area contributed by atoms with Crippen molar-refractivity contribution in [3.63, 3.8) is 0 Å². The van der Waals surface area contributed by atoms with Crippen molar-refractivity contribution in [2.75, 3.05) is 20.3 Å². The van der Waals surface area contributed by atoms with E-state index in [1.165, 1.54) is 12.8 Å². The summed E-state index contributed by atoms with van der Waals surface area (Å²) in [5, 5.41) is 2.85. The largest absolute Gasteiger partial charge is 0.493 e. The highest BCUT2D eigenvalue weighted by Crippen LogP contribution is 2.26. The first-order valence-corrected chi connectivity index (χ1v) is 9.07. The molecule has 1 fully saturated rings. The van der Waals surface area contributed by atoms with Gasteiger partial charge in [0.25, 0.3) is 5.91 Å². The number of ether oxygens (including phenoxy) is 3. The van der Waals surface area contributed by atoms with Crippen LogP contribution in [0.15, 0.2) is 48.5 Å². The first-order valence-electron chi connectivity index (χ1n) is 9.07. The molecule has 26 heavy (non-hydrogen) atoms. The van der Waals surface area contributed by atoms with E-state index in [4.69, 9.17) is 14.2 Å². The molecule has 0 unspecified atom stereocenters. The Kier molecular flexibility index (Phi) is 6.36. The van der Waals surface area contributed by atoms with E-state index in [0.717, 1.165) is 18.6 Å². The molecule has 0 aromatic heterocycles. The van der Waals surface area contributed by atoms with E-state index in [9.17, 15) is 4.79 Å². The summed E-state index contributed by atoms with van der Waals surface area (Å²) in [6.45, 7) is 0.784. The van der Waals surface area contributed by atoms with Gasteiger partial charge in [0.1, 0.15) is 12.4 Å². The number of rotatable bonds is 8. The molecule has 138 valence electrons. The van der Waals surface area contributed by atoms with Crippen LogP contribution in [-0.4, -0.2) is 32.3 Å². The molecular weight excluding hydrogens is 330 g/mol. The highest BCUT2D eigenvalue weighted by molar-refractivity contribution is 5.94. The lowest BCUT2D eigenvalue weighted by Crippen LogP contribution is -2.28. The number of amides is 1. The lowest BCUT2D eigenvalue weighted by molar-refractivity contribution is 0.0946. The van der Waals surface area contributed by atoms with Crippen LogP contribution in [0.4, 0.5) is 0 Å². The van der Waals surface area contributed by atoms with Crippen molar-refractivity contribution in [1.82, 2.24) is 5.32 Å². The monoisotopic (exact) mass is 355 g/mol. The van der Waals surface area contributed by atoms with Crippen molar-refractivity contribution in [2.24, 2.45) is 0 Å². The Labute approximate surface area is 154 Å². The summed E-state index contributed by atoms with van der Waals surface area (Å²) >= 11 is 0. The summed E-state index contributed by atoms with van der Waals surface area (Å²) in [5.41, 5.74) is 0.612. The highest BCUT2D eigenvalue weighted by atomic mass is 16.5. The fourth-order valence-electron chi connectivity index (χ4n) is 3.05. The Balaban J connectivity index is 1.43. The maximum atomic E-state index is 12.2. The van der Waals surface area contributed by atoms with Crippen LogP contribution in [0.3, 0.4) is 0 Å².